The van der Waals surface area contributed by atoms with Crippen LogP contribution >= 0.6 is 0 Å². The molecule has 1 saturated carbocycles. The van der Waals surface area contributed by atoms with E-state index in [1.165, 1.54) is 25.7 Å². The Hall–Kier alpha value is -0.130. The van der Waals surface area contributed by atoms with Crippen LogP contribution in [-0.2, 0) is 9.84 Å². The molecule has 2 atom stereocenters. The van der Waals surface area contributed by atoms with Crippen molar-refractivity contribution >= 4 is 9.84 Å². The van der Waals surface area contributed by atoms with Crippen molar-refractivity contribution in [2.75, 3.05) is 38.7 Å². The summed E-state index contributed by atoms with van der Waals surface area (Å²) in [4.78, 5) is 2.36. The van der Waals surface area contributed by atoms with Gasteiger partial charge in [-0.3, -0.25) is 0 Å². The molecule has 1 fully saturated rings. The van der Waals surface area contributed by atoms with E-state index in [0.717, 1.165) is 25.4 Å². The molecule has 0 amide bonds. The Labute approximate surface area is 125 Å². The van der Waals surface area contributed by atoms with Crippen LogP contribution < -0.4 is 5.32 Å². The summed E-state index contributed by atoms with van der Waals surface area (Å²) >= 11 is 0. The van der Waals surface area contributed by atoms with Gasteiger partial charge in [-0.05, 0) is 45.8 Å². The molecule has 0 heterocycles. The molecule has 1 N–H and O–H groups in total. The van der Waals surface area contributed by atoms with Crippen LogP contribution in [0.15, 0.2) is 0 Å². The lowest BCUT2D eigenvalue weighted by molar-refractivity contribution is 0.0755. The third kappa shape index (κ3) is 5.34. The van der Waals surface area contributed by atoms with Crippen molar-refractivity contribution in [1.29, 1.82) is 0 Å². The number of nitrogens with one attached hydrogen (secondary N) is 1. The average Bonchev–Trinajstić information content (AvgIpc) is 2.38. The van der Waals surface area contributed by atoms with Crippen molar-refractivity contribution in [3.05, 3.63) is 0 Å². The van der Waals surface area contributed by atoms with Gasteiger partial charge in [0.15, 0.2) is 0 Å². The smallest absolute Gasteiger partial charge is 0.150 e. The number of nitrogens with zero attached hydrogens (tertiary/aromatic N) is 1. The van der Waals surface area contributed by atoms with Crippen molar-refractivity contribution in [2.45, 2.75) is 51.5 Å². The van der Waals surface area contributed by atoms with Crippen LogP contribution in [0.4, 0.5) is 0 Å². The van der Waals surface area contributed by atoms with Crippen LogP contribution in [-0.4, -0.2) is 57.5 Å². The minimum absolute atomic E-state index is 0.251. The fourth-order valence-corrected chi connectivity index (χ4v) is 4.11. The summed E-state index contributed by atoms with van der Waals surface area (Å²) in [7, 11) is 1.52. The molecule has 1 aliphatic carbocycles. The maximum atomic E-state index is 11.4. The lowest BCUT2D eigenvalue weighted by Gasteiger charge is -2.45. The normalized spacial score (nSPS) is 27.9. The molecule has 120 valence electrons. The van der Waals surface area contributed by atoms with E-state index < -0.39 is 9.84 Å². The van der Waals surface area contributed by atoms with E-state index in [2.05, 4.69) is 31.2 Å². The Kier molecular flexibility index (Phi) is 6.95. The monoisotopic (exact) mass is 304 g/mol. The van der Waals surface area contributed by atoms with Crippen molar-refractivity contribution in [3.8, 4) is 0 Å². The summed E-state index contributed by atoms with van der Waals surface area (Å²) in [5.74, 6) is 1.35. The van der Waals surface area contributed by atoms with Gasteiger partial charge in [-0.1, -0.05) is 26.7 Å². The second-order valence-electron chi connectivity index (χ2n) is 6.59. The van der Waals surface area contributed by atoms with Crippen LogP contribution in [0.1, 0.15) is 46.0 Å². The van der Waals surface area contributed by atoms with Gasteiger partial charge in [0.2, 0.25) is 0 Å². The van der Waals surface area contributed by atoms with Gasteiger partial charge in [-0.2, -0.15) is 0 Å². The number of rotatable bonds is 8. The van der Waals surface area contributed by atoms with Crippen LogP contribution in [0, 0.1) is 5.92 Å². The summed E-state index contributed by atoms with van der Waals surface area (Å²) in [6.45, 7) is 5.82. The standard InChI is InChI=1S/C15H32N2O2S/c1-5-20(18,19)11-7-10-16-13-15(17(3)4)9-6-8-14(2)12-15/h14,16H,5-13H2,1-4H3. The van der Waals surface area contributed by atoms with E-state index >= 15 is 0 Å². The molecule has 4 nitrogen and oxygen atoms in total. The van der Waals surface area contributed by atoms with Gasteiger partial charge >= 0.3 is 0 Å². The van der Waals surface area contributed by atoms with Gasteiger partial charge < -0.3 is 10.2 Å². The molecule has 5 heteroatoms. The Morgan fingerprint density at radius 3 is 2.60 bits per heavy atom. The predicted octanol–water partition coefficient (Wildman–Crippen LogP) is 1.91. The third-order valence-corrected chi connectivity index (χ3v) is 6.51. The summed E-state index contributed by atoms with van der Waals surface area (Å²) in [6, 6.07) is 0. The molecule has 0 aliphatic heterocycles. The second kappa shape index (κ2) is 7.76. The number of sulfone groups is 1. The highest BCUT2D eigenvalue weighted by Gasteiger charge is 2.36. The van der Waals surface area contributed by atoms with Crippen molar-refractivity contribution in [2.24, 2.45) is 5.92 Å². The first-order valence-corrected chi connectivity index (χ1v) is 9.72. The van der Waals surface area contributed by atoms with E-state index in [9.17, 15) is 8.42 Å². The zero-order valence-corrected chi connectivity index (χ0v) is 14.4. The highest BCUT2D eigenvalue weighted by Crippen LogP contribution is 2.35. The summed E-state index contributed by atoms with van der Waals surface area (Å²) in [6.07, 6.45) is 5.83. The van der Waals surface area contributed by atoms with Crippen LogP contribution in [0.5, 0.6) is 0 Å². The molecule has 1 rings (SSSR count). The van der Waals surface area contributed by atoms with Gasteiger partial charge in [0.1, 0.15) is 9.84 Å². The van der Waals surface area contributed by atoms with Crippen LogP contribution in [0.3, 0.4) is 0 Å². The quantitative estimate of drug-likeness (QED) is 0.696. The van der Waals surface area contributed by atoms with Gasteiger partial charge in [-0.25, -0.2) is 8.42 Å². The van der Waals surface area contributed by atoms with Gasteiger partial charge in [0.05, 0.1) is 5.75 Å². The Morgan fingerprint density at radius 2 is 2.05 bits per heavy atom. The number of hydrogen-bond donors (Lipinski definition) is 1. The van der Waals surface area contributed by atoms with Gasteiger partial charge in [0.25, 0.3) is 0 Å². The molecule has 2 unspecified atom stereocenters. The highest BCUT2D eigenvalue weighted by atomic mass is 32.2. The van der Waals surface area contributed by atoms with E-state index in [1.807, 2.05) is 0 Å². The number of hydrogen-bond acceptors (Lipinski definition) is 4. The molecule has 0 bridgehead atoms. The summed E-state index contributed by atoms with van der Waals surface area (Å²) in [5, 5.41) is 3.49. The maximum absolute atomic E-state index is 11.4. The zero-order valence-electron chi connectivity index (χ0n) is 13.6. The maximum Gasteiger partial charge on any atom is 0.150 e. The Bertz CT molecular complexity index is 381. The van der Waals surface area contributed by atoms with Crippen molar-refractivity contribution < 1.29 is 8.42 Å². The van der Waals surface area contributed by atoms with E-state index in [1.54, 1.807) is 6.92 Å². The van der Waals surface area contributed by atoms with Crippen molar-refractivity contribution in [1.82, 2.24) is 10.2 Å². The molecular weight excluding hydrogens is 272 g/mol. The highest BCUT2D eigenvalue weighted by molar-refractivity contribution is 7.91. The molecule has 1 aliphatic rings. The van der Waals surface area contributed by atoms with Gasteiger partial charge in [0, 0.05) is 17.8 Å². The fourth-order valence-electron chi connectivity index (χ4n) is 3.24. The first kappa shape index (κ1) is 17.9. The zero-order chi connectivity index (χ0) is 15.2. The molecular formula is C15H32N2O2S. The minimum Gasteiger partial charge on any atom is -0.315 e. The topological polar surface area (TPSA) is 49.4 Å². The predicted molar refractivity (Wildman–Crippen MR) is 85.9 cm³/mol. The molecule has 0 aromatic rings. The molecule has 0 spiro atoms. The van der Waals surface area contributed by atoms with E-state index in [4.69, 9.17) is 0 Å². The van der Waals surface area contributed by atoms with Crippen LogP contribution in [0.2, 0.25) is 0 Å². The molecule has 0 aromatic carbocycles. The Morgan fingerprint density at radius 1 is 1.35 bits per heavy atom. The SMILES string of the molecule is CCS(=O)(=O)CCCNCC1(N(C)C)CCCC(C)C1. The van der Waals surface area contributed by atoms with E-state index in [-0.39, 0.29) is 11.3 Å². The summed E-state index contributed by atoms with van der Waals surface area (Å²) in [5.41, 5.74) is 0.251. The Balaban J connectivity index is 2.37. The lowest BCUT2D eigenvalue weighted by atomic mass is 9.75. The number of likely N-dealkylation sites (N-methyl/N-ethyl adjacent to an activating group) is 1. The molecule has 0 aromatic heterocycles. The lowest BCUT2D eigenvalue weighted by Crippen LogP contribution is -2.54. The first-order chi connectivity index (χ1) is 9.31. The largest absolute Gasteiger partial charge is 0.315 e. The van der Waals surface area contributed by atoms with Gasteiger partial charge in [-0.15, -0.1) is 0 Å². The van der Waals surface area contributed by atoms with Crippen molar-refractivity contribution in [3.63, 3.8) is 0 Å². The molecule has 0 radical (unpaired) electrons. The summed E-state index contributed by atoms with van der Waals surface area (Å²) < 4.78 is 22.9. The minimum atomic E-state index is -2.82. The molecule has 0 saturated heterocycles. The first-order valence-electron chi connectivity index (χ1n) is 7.90. The third-order valence-electron chi connectivity index (χ3n) is 4.72. The van der Waals surface area contributed by atoms with E-state index in [0.29, 0.717) is 5.75 Å². The molecule has 20 heavy (non-hydrogen) atoms. The average molecular weight is 305 g/mol. The second-order valence-corrected chi connectivity index (χ2v) is 9.06. The fraction of sp³-hybridized carbons (Fsp3) is 1.00. The van der Waals surface area contributed by atoms with Crippen LogP contribution in [0.25, 0.3) is 0 Å².